The summed E-state index contributed by atoms with van der Waals surface area (Å²) in [4.78, 5) is 43.2. The lowest BCUT2D eigenvalue weighted by molar-refractivity contribution is -0.127. The van der Waals surface area contributed by atoms with Crippen LogP contribution < -0.4 is 16.0 Å². The van der Waals surface area contributed by atoms with E-state index in [1.165, 1.54) is 13.8 Å². The number of amides is 3. The van der Waals surface area contributed by atoms with Gasteiger partial charge in [-0.3, -0.25) is 14.6 Å². The Morgan fingerprint density at radius 2 is 1.81 bits per heavy atom. The molecular weight excluding hydrogens is 396 g/mol. The smallest absolute Gasteiger partial charge is 0.421 e. The van der Waals surface area contributed by atoms with Crippen molar-refractivity contribution in [1.29, 1.82) is 0 Å². The van der Waals surface area contributed by atoms with Gasteiger partial charge in [0, 0.05) is 11.6 Å². The van der Waals surface area contributed by atoms with Crippen LogP contribution in [0.3, 0.4) is 0 Å². The maximum Gasteiger partial charge on any atom is 0.421 e. The van der Waals surface area contributed by atoms with E-state index in [0.29, 0.717) is 5.69 Å². The number of hydrogen-bond acceptors (Lipinski definition) is 6. The standard InChI is InChI=1S/C23H24N4O4/c1-15(24)21(28)26-16(2)22(29)27(23(30)31-14-17-7-4-3-5-8-17)19-10-11-20-18(13-19)9-6-12-25-20/h3-13,15-16H,14,24H2,1-2H3,(H,26,28)/t15-,16-/m0/s1. The largest absolute Gasteiger partial charge is 0.444 e. The molecule has 0 aliphatic carbocycles. The molecular formula is C23H24N4O4. The quantitative estimate of drug-likeness (QED) is 0.634. The van der Waals surface area contributed by atoms with Crippen LogP contribution in [0.1, 0.15) is 19.4 Å². The predicted molar refractivity (Wildman–Crippen MR) is 117 cm³/mol. The third-order valence-corrected chi connectivity index (χ3v) is 4.60. The summed E-state index contributed by atoms with van der Waals surface area (Å²) in [7, 11) is 0. The maximum atomic E-state index is 13.1. The molecule has 3 N–H and O–H groups in total. The van der Waals surface area contributed by atoms with Crippen LogP contribution in [-0.4, -0.2) is 35.0 Å². The molecule has 31 heavy (non-hydrogen) atoms. The lowest BCUT2D eigenvalue weighted by Gasteiger charge is -2.25. The highest BCUT2D eigenvalue weighted by Gasteiger charge is 2.30. The molecule has 0 bridgehead atoms. The van der Waals surface area contributed by atoms with Gasteiger partial charge in [-0.25, -0.2) is 9.69 Å². The Hall–Kier alpha value is -3.78. The second-order valence-corrected chi connectivity index (χ2v) is 7.11. The summed E-state index contributed by atoms with van der Waals surface area (Å²) in [5.74, 6) is -1.14. The molecule has 0 radical (unpaired) electrons. The third kappa shape index (κ3) is 5.43. The van der Waals surface area contributed by atoms with Gasteiger partial charge in [0.15, 0.2) is 0 Å². The number of hydrogen-bond donors (Lipinski definition) is 2. The van der Waals surface area contributed by atoms with Gasteiger partial charge < -0.3 is 15.8 Å². The van der Waals surface area contributed by atoms with Crippen LogP contribution in [0.4, 0.5) is 10.5 Å². The molecule has 1 aromatic heterocycles. The van der Waals surface area contributed by atoms with Crippen LogP contribution in [-0.2, 0) is 20.9 Å². The van der Waals surface area contributed by atoms with E-state index in [1.807, 2.05) is 36.4 Å². The first kappa shape index (κ1) is 21.9. The first-order valence-corrected chi connectivity index (χ1v) is 9.82. The predicted octanol–water partition coefficient (Wildman–Crippen LogP) is 2.76. The molecule has 3 aromatic rings. The zero-order valence-electron chi connectivity index (χ0n) is 17.3. The number of anilines is 1. The Balaban J connectivity index is 1.89. The fraction of sp³-hybridized carbons (Fsp3) is 0.217. The Labute approximate surface area is 180 Å². The highest BCUT2D eigenvalue weighted by molar-refractivity contribution is 6.15. The van der Waals surface area contributed by atoms with Crippen molar-refractivity contribution in [3.63, 3.8) is 0 Å². The van der Waals surface area contributed by atoms with Crippen LogP contribution in [0.5, 0.6) is 0 Å². The van der Waals surface area contributed by atoms with Crippen LogP contribution in [0.15, 0.2) is 66.9 Å². The van der Waals surface area contributed by atoms with Crippen molar-refractivity contribution in [1.82, 2.24) is 10.3 Å². The summed E-state index contributed by atoms with van der Waals surface area (Å²) < 4.78 is 5.39. The monoisotopic (exact) mass is 420 g/mol. The Morgan fingerprint density at radius 3 is 2.52 bits per heavy atom. The zero-order chi connectivity index (χ0) is 22.4. The lowest BCUT2D eigenvalue weighted by atomic mass is 10.1. The SMILES string of the molecule is C[C@H](N)C(=O)N[C@@H](C)C(=O)N(C(=O)OCc1ccccc1)c1ccc2ncccc2c1. The van der Waals surface area contributed by atoms with Crippen molar-refractivity contribution in [3.05, 3.63) is 72.4 Å². The summed E-state index contributed by atoms with van der Waals surface area (Å²) in [5.41, 5.74) is 7.38. The van der Waals surface area contributed by atoms with E-state index < -0.39 is 30.0 Å². The van der Waals surface area contributed by atoms with Gasteiger partial charge in [-0.05, 0) is 43.7 Å². The normalized spacial score (nSPS) is 12.6. The van der Waals surface area contributed by atoms with Gasteiger partial charge in [-0.15, -0.1) is 0 Å². The molecule has 2 atom stereocenters. The number of carbonyl (C=O) groups excluding carboxylic acids is 3. The van der Waals surface area contributed by atoms with Gasteiger partial charge in [-0.2, -0.15) is 0 Å². The fourth-order valence-electron chi connectivity index (χ4n) is 2.91. The van der Waals surface area contributed by atoms with Gasteiger partial charge >= 0.3 is 6.09 Å². The average molecular weight is 420 g/mol. The lowest BCUT2D eigenvalue weighted by Crippen LogP contribution is -2.52. The van der Waals surface area contributed by atoms with Crippen LogP contribution >= 0.6 is 0 Å². The van der Waals surface area contributed by atoms with Crippen LogP contribution in [0, 0.1) is 0 Å². The second-order valence-electron chi connectivity index (χ2n) is 7.11. The first-order valence-electron chi connectivity index (χ1n) is 9.82. The summed E-state index contributed by atoms with van der Waals surface area (Å²) in [5, 5.41) is 3.27. The molecule has 8 heteroatoms. The molecule has 3 amide bonds. The van der Waals surface area contributed by atoms with E-state index in [4.69, 9.17) is 10.5 Å². The number of imide groups is 1. The highest BCUT2D eigenvalue weighted by Crippen LogP contribution is 2.23. The van der Waals surface area contributed by atoms with E-state index in [9.17, 15) is 14.4 Å². The van der Waals surface area contributed by atoms with Crippen molar-refractivity contribution in [2.45, 2.75) is 32.5 Å². The van der Waals surface area contributed by atoms with E-state index in [0.717, 1.165) is 21.4 Å². The van der Waals surface area contributed by atoms with Crippen molar-refractivity contribution in [2.24, 2.45) is 5.73 Å². The molecule has 0 spiro atoms. The molecule has 2 aromatic carbocycles. The Kier molecular flexibility index (Phi) is 6.94. The Bertz CT molecular complexity index is 1090. The maximum absolute atomic E-state index is 13.1. The fourth-order valence-corrected chi connectivity index (χ4v) is 2.91. The summed E-state index contributed by atoms with van der Waals surface area (Å²) in [6.45, 7) is 3.00. The number of ether oxygens (including phenoxy) is 1. The number of nitrogens with zero attached hydrogens (tertiary/aromatic N) is 2. The van der Waals surface area contributed by atoms with Crippen LogP contribution in [0.25, 0.3) is 10.9 Å². The molecule has 0 saturated carbocycles. The average Bonchev–Trinajstić information content (AvgIpc) is 2.78. The van der Waals surface area contributed by atoms with Gasteiger partial charge in [-0.1, -0.05) is 36.4 Å². The van der Waals surface area contributed by atoms with Crippen LogP contribution in [0.2, 0.25) is 0 Å². The summed E-state index contributed by atoms with van der Waals surface area (Å²) in [6.07, 6.45) is 0.809. The number of pyridine rings is 1. The highest BCUT2D eigenvalue weighted by atomic mass is 16.6. The molecule has 0 unspecified atom stereocenters. The molecule has 0 fully saturated rings. The Morgan fingerprint density at radius 1 is 1.06 bits per heavy atom. The number of carbonyl (C=O) groups is 3. The van der Waals surface area contributed by atoms with E-state index in [2.05, 4.69) is 10.3 Å². The molecule has 1 heterocycles. The van der Waals surface area contributed by atoms with E-state index >= 15 is 0 Å². The molecule has 0 aliphatic heterocycles. The minimum Gasteiger partial charge on any atom is -0.444 e. The van der Waals surface area contributed by atoms with Crippen molar-refractivity contribution in [3.8, 4) is 0 Å². The van der Waals surface area contributed by atoms with Crippen molar-refractivity contribution >= 4 is 34.5 Å². The van der Waals surface area contributed by atoms with Gasteiger partial charge in [0.2, 0.25) is 5.91 Å². The number of rotatable bonds is 6. The van der Waals surface area contributed by atoms with Gasteiger partial charge in [0.25, 0.3) is 5.91 Å². The third-order valence-electron chi connectivity index (χ3n) is 4.60. The van der Waals surface area contributed by atoms with E-state index in [-0.39, 0.29) is 6.61 Å². The zero-order valence-corrected chi connectivity index (χ0v) is 17.3. The molecule has 8 nitrogen and oxygen atoms in total. The minimum absolute atomic E-state index is 0.000829. The van der Waals surface area contributed by atoms with E-state index in [1.54, 1.807) is 30.5 Å². The number of nitrogens with one attached hydrogen (secondary N) is 1. The summed E-state index contributed by atoms with van der Waals surface area (Å²) in [6, 6.07) is 15.9. The number of nitrogens with two attached hydrogens (primary N) is 1. The second kappa shape index (κ2) is 9.82. The van der Waals surface area contributed by atoms with Crippen molar-refractivity contribution < 1.29 is 19.1 Å². The minimum atomic E-state index is -0.993. The number of fused-ring (bicyclic) bond motifs is 1. The molecule has 0 saturated heterocycles. The topological polar surface area (TPSA) is 115 Å². The molecule has 160 valence electrons. The van der Waals surface area contributed by atoms with Gasteiger partial charge in [0.1, 0.15) is 12.6 Å². The van der Waals surface area contributed by atoms with Gasteiger partial charge in [0.05, 0.1) is 17.2 Å². The first-order chi connectivity index (χ1) is 14.9. The molecule has 3 rings (SSSR count). The number of aromatic nitrogens is 1. The van der Waals surface area contributed by atoms with Crippen molar-refractivity contribution in [2.75, 3.05) is 4.90 Å². The molecule has 0 aliphatic rings. The number of benzene rings is 2. The summed E-state index contributed by atoms with van der Waals surface area (Å²) >= 11 is 0.